The summed E-state index contributed by atoms with van der Waals surface area (Å²) in [6, 6.07) is 3.37. The molecule has 2 aromatic rings. The molecule has 0 aliphatic carbocycles. The number of nitrogens with zero attached hydrogens (tertiary/aromatic N) is 4. The Morgan fingerprint density at radius 1 is 1.42 bits per heavy atom. The molecule has 0 unspecified atom stereocenters. The van der Waals surface area contributed by atoms with Crippen LogP contribution in [0.2, 0.25) is 0 Å². The number of hydrogen-bond acceptors (Lipinski definition) is 5. The molecule has 19 heavy (non-hydrogen) atoms. The Balaban J connectivity index is 2.22. The van der Waals surface area contributed by atoms with E-state index >= 15 is 0 Å². The van der Waals surface area contributed by atoms with Gasteiger partial charge in [-0.05, 0) is 25.6 Å². The molecule has 3 N–H and O–H groups in total. The smallest absolute Gasteiger partial charge is 0.271 e. The van der Waals surface area contributed by atoms with E-state index in [1.165, 1.54) is 0 Å². The van der Waals surface area contributed by atoms with Crippen LogP contribution in [0.1, 0.15) is 23.2 Å². The molecule has 0 fully saturated rings. The van der Waals surface area contributed by atoms with Gasteiger partial charge in [-0.3, -0.25) is 9.36 Å². The van der Waals surface area contributed by atoms with Gasteiger partial charge in [0.05, 0.1) is 0 Å². The van der Waals surface area contributed by atoms with Gasteiger partial charge < -0.3 is 11.1 Å². The molecular weight excluding hydrogens is 244 g/mol. The van der Waals surface area contributed by atoms with Gasteiger partial charge in [0.25, 0.3) is 5.91 Å². The Bertz CT molecular complexity index is 548. The summed E-state index contributed by atoms with van der Waals surface area (Å²) in [5.74, 6) is 1.21. The summed E-state index contributed by atoms with van der Waals surface area (Å²) in [5.41, 5.74) is 5.82. The minimum Gasteiger partial charge on any atom is -0.351 e. The number of nitrogens with two attached hydrogens (primary N) is 1. The van der Waals surface area contributed by atoms with E-state index in [0.717, 1.165) is 5.82 Å². The Hall–Kier alpha value is -2.28. The first kappa shape index (κ1) is 13.2. The van der Waals surface area contributed by atoms with E-state index in [1.807, 2.05) is 6.92 Å². The lowest BCUT2D eigenvalue weighted by Crippen LogP contribution is -2.24. The van der Waals surface area contributed by atoms with Crippen molar-refractivity contribution in [1.82, 2.24) is 25.1 Å². The van der Waals surface area contributed by atoms with E-state index in [-0.39, 0.29) is 5.91 Å². The minimum atomic E-state index is -0.227. The van der Waals surface area contributed by atoms with Crippen LogP contribution < -0.4 is 11.1 Å². The maximum atomic E-state index is 11.6. The maximum absolute atomic E-state index is 11.6. The quantitative estimate of drug-likeness (QED) is 0.783. The van der Waals surface area contributed by atoms with Crippen LogP contribution in [0.5, 0.6) is 0 Å². The molecule has 0 radical (unpaired) electrons. The third-order valence-corrected chi connectivity index (χ3v) is 2.55. The third-order valence-electron chi connectivity index (χ3n) is 2.55. The zero-order valence-corrected chi connectivity index (χ0v) is 10.7. The van der Waals surface area contributed by atoms with Crippen LogP contribution in [0.3, 0.4) is 0 Å². The van der Waals surface area contributed by atoms with E-state index in [1.54, 1.807) is 29.1 Å². The molecule has 0 atom stereocenters. The number of carbonyl (C=O) groups is 1. The molecule has 1 amide bonds. The Kier molecular flexibility index (Phi) is 4.19. The number of amides is 1. The van der Waals surface area contributed by atoms with E-state index in [0.29, 0.717) is 31.0 Å². The van der Waals surface area contributed by atoms with E-state index in [9.17, 15) is 4.79 Å². The second-order valence-corrected chi connectivity index (χ2v) is 3.89. The molecule has 2 heterocycles. The number of aromatic nitrogens is 4. The van der Waals surface area contributed by atoms with Crippen LogP contribution in [0, 0.1) is 0 Å². The Labute approximate surface area is 110 Å². The van der Waals surface area contributed by atoms with Crippen molar-refractivity contribution in [1.29, 1.82) is 0 Å². The number of imidazole rings is 1. The first-order chi connectivity index (χ1) is 9.26. The average molecular weight is 260 g/mol. The fraction of sp³-hybridized carbons (Fsp3) is 0.333. The lowest BCUT2D eigenvalue weighted by Gasteiger charge is -2.06. The molecule has 0 saturated heterocycles. The Morgan fingerprint density at radius 2 is 2.26 bits per heavy atom. The molecular formula is C12H16N6O. The van der Waals surface area contributed by atoms with Gasteiger partial charge in [0.2, 0.25) is 0 Å². The van der Waals surface area contributed by atoms with Crippen LogP contribution in [-0.2, 0) is 6.42 Å². The van der Waals surface area contributed by atoms with Crippen molar-refractivity contribution in [2.24, 2.45) is 5.73 Å². The first-order valence-electron chi connectivity index (χ1n) is 6.11. The third kappa shape index (κ3) is 2.94. The van der Waals surface area contributed by atoms with Crippen LogP contribution in [0.25, 0.3) is 5.82 Å². The SMILES string of the molecule is CCNC(=O)c1ccc(-n2ccnc2CCN)nn1. The fourth-order valence-electron chi connectivity index (χ4n) is 1.68. The topological polar surface area (TPSA) is 98.7 Å². The molecule has 100 valence electrons. The molecule has 2 aromatic heterocycles. The molecule has 0 aromatic carbocycles. The lowest BCUT2D eigenvalue weighted by atomic mass is 10.3. The zero-order chi connectivity index (χ0) is 13.7. The van der Waals surface area contributed by atoms with Crippen molar-refractivity contribution in [2.75, 3.05) is 13.1 Å². The van der Waals surface area contributed by atoms with E-state index in [2.05, 4.69) is 20.5 Å². The number of rotatable bonds is 5. The van der Waals surface area contributed by atoms with Crippen molar-refractivity contribution >= 4 is 5.91 Å². The molecule has 0 aliphatic rings. The molecule has 0 bridgehead atoms. The van der Waals surface area contributed by atoms with Gasteiger partial charge in [-0.1, -0.05) is 0 Å². The highest BCUT2D eigenvalue weighted by Crippen LogP contribution is 2.07. The number of nitrogens with one attached hydrogen (secondary N) is 1. The molecule has 0 saturated carbocycles. The van der Waals surface area contributed by atoms with Gasteiger partial charge in [0.1, 0.15) is 5.82 Å². The summed E-state index contributed by atoms with van der Waals surface area (Å²) >= 11 is 0. The molecule has 7 heteroatoms. The largest absolute Gasteiger partial charge is 0.351 e. The predicted octanol–water partition coefficient (Wildman–Crippen LogP) is -0.0868. The second-order valence-electron chi connectivity index (χ2n) is 3.89. The number of hydrogen-bond donors (Lipinski definition) is 2. The van der Waals surface area contributed by atoms with Crippen molar-refractivity contribution in [3.05, 3.63) is 36.0 Å². The summed E-state index contributed by atoms with van der Waals surface area (Å²) < 4.78 is 1.81. The van der Waals surface area contributed by atoms with Crippen molar-refractivity contribution in [3.8, 4) is 5.82 Å². The van der Waals surface area contributed by atoms with Crippen molar-refractivity contribution in [3.63, 3.8) is 0 Å². The van der Waals surface area contributed by atoms with Crippen LogP contribution in [0.15, 0.2) is 24.5 Å². The first-order valence-corrected chi connectivity index (χ1v) is 6.11. The normalized spacial score (nSPS) is 10.4. The highest BCUT2D eigenvalue weighted by atomic mass is 16.1. The molecule has 0 aliphatic heterocycles. The number of carbonyl (C=O) groups excluding carboxylic acids is 1. The highest BCUT2D eigenvalue weighted by molar-refractivity contribution is 5.92. The summed E-state index contributed by atoms with van der Waals surface area (Å²) in [6.45, 7) is 2.93. The minimum absolute atomic E-state index is 0.227. The van der Waals surface area contributed by atoms with Gasteiger partial charge in [-0.2, -0.15) is 0 Å². The van der Waals surface area contributed by atoms with Gasteiger partial charge in [-0.25, -0.2) is 4.98 Å². The van der Waals surface area contributed by atoms with Crippen molar-refractivity contribution < 1.29 is 4.79 Å². The summed E-state index contributed by atoms with van der Waals surface area (Å²) in [5, 5.41) is 10.6. The molecule has 2 rings (SSSR count). The van der Waals surface area contributed by atoms with E-state index < -0.39 is 0 Å². The van der Waals surface area contributed by atoms with Gasteiger partial charge in [0.15, 0.2) is 11.5 Å². The van der Waals surface area contributed by atoms with Crippen LogP contribution in [-0.4, -0.2) is 38.7 Å². The Morgan fingerprint density at radius 3 is 2.89 bits per heavy atom. The van der Waals surface area contributed by atoms with Gasteiger partial charge in [0, 0.05) is 25.4 Å². The standard InChI is InChI=1S/C12H16N6O/c1-2-14-12(19)9-3-4-11(17-16-9)18-8-7-15-10(18)5-6-13/h3-4,7-8H,2,5-6,13H2,1H3,(H,14,19). The predicted molar refractivity (Wildman–Crippen MR) is 69.9 cm³/mol. The average Bonchev–Trinajstić information content (AvgIpc) is 2.88. The monoisotopic (exact) mass is 260 g/mol. The highest BCUT2D eigenvalue weighted by Gasteiger charge is 2.09. The van der Waals surface area contributed by atoms with Gasteiger partial charge >= 0.3 is 0 Å². The maximum Gasteiger partial charge on any atom is 0.271 e. The zero-order valence-electron chi connectivity index (χ0n) is 10.7. The fourth-order valence-corrected chi connectivity index (χ4v) is 1.68. The second kappa shape index (κ2) is 6.05. The van der Waals surface area contributed by atoms with Crippen LogP contribution >= 0.6 is 0 Å². The molecule has 7 nitrogen and oxygen atoms in total. The van der Waals surface area contributed by atoms with Crippen molar-refractivity contribution in [2.45, 2.75) is 13.3 Å². The molecule has 0 spiro atoms. The van der Waals surface area contributed by atoms with Gasteiger partial charge in [-0.15, -0.1) is 10.2 Å². The summed E-state index contributed by atoms with van der Waals surface area (Å²) in [6.07, 6.45) is 4.14. The lowest BCUT2D eigenvalue weighted by molar-refractivity contribution is 0.0950. The van der Waals surface area contributed by atoms with Crippen LogP contribution in [0.4, 0.5) is 0 Å². The summed E-state index contributed by atoms with van der Waals surface area (Å²) in [4.78, 5) is 15.8. The summed E-state index contributed by atoms with van der Waals surface area (Å²) in [7, 11) is 0. The van der Waals surface area contributed by atoms with E-state index in [4.69, 9.17) is 5.73 Å².